The number of carbonyl (C=O) groups excluding carboxylic acids is 1. The van der Waals surface area contributed by atoms with Crippen molar-refractivity contribution in [2.75, 3.05) is 4.90 Å². The molecule has 104 valence electrons. The fourth-order valence-electron chi connectivity index (χ4n) is 2.34. The molecular weight excluding hydrogens is 294 g/mol. The smallest absolute Gasteiger partial charge is 0.345 e. The number of hydrogen-bond acceptors (Lipinski definition) is 4. The minimum absolute atomic E-state index is 0.118. The minimum Gasteiger partial charge on any atom is -0.477 e. The molecule has 0 atom stereocenters. The Hall–Kier alpha value is -1.66. The van der Waals surface area contributed by atoms with Gasteiger partial charge in [-0.25, -0.2) is 4.79 Å². The Morgan fingerprint density at radius 3 is 2.90 bits per heavy atom. The second-order valence-electron chi connectivity index (χ2n) is 4.63. The topological polar surface area (TPSA) is 57.6 Å². The van der Waals surface area contributed by atoms with E-state index >= 15 is 0 Å². The minimum atomic E-state index is -0.917. The SMILES string of the molecule is O=C(O)c1ccc(CN2C(=O)CCCc3sccc32)s1. The van der Waals surface area contributed by atoms with Crippen molar-refractivity contribution in [1.82, 2.24) is 0 Å². The van der Waals surface area contributed by atoms with Gasteiger partial charge in [0.2, 0.25) is 5.91 Å². The van der Waals surface area contributed by atoms with Crippen LogP contribution in [0.4, 0.5) is 5.69 Å². The van der Waals surface area contributed by atoms with Gasteiger partial charge in [-0.2, -0.15) is 0 Å². The van der Waals surface area contributed by atoms with Crippen LogP contribution in [-0.2, 0) is 17.8 Å². The molecule has 4 nitrogen and oxygen atoms in total. The number of aromatic carboxylic acids is 1. The molecule has 0 aromatic carbocycles. The average Bonchev–Trinajstić information content (AvgIpc) is 3.02. The Morgan fingerprint density at radius 2 is 2.15 bits per heavy atom. The normalized spacial score (nSPS) is 15.0. The van der Waals surface area contributed by atoms with E-state index in [1.807, 2.05) is 11.4 Å². The standard InChI is InChI=1S/C14H13NO3S2/c16-13-3-1-2-11-10(6-7-19-11)15(13)8-9-4-5-12(20-9)14(17)18/h4-7H,1-3,8H2,(H,17,18). The van der Waals surface area contributed by atoms with Crippen molar-refractivity contribution in [2.45, 2.75) is 25.8 Å². The van der Waals surface area contributed by atoms with Crippen LogP contribution >= 0.6 is 22.7 Å². The van der Waals surface area contributed by atoms with Crippen molar-refractivity contribution in [2.24, 2.45) is 0 Å². The highest BCUT2D eigenvalue weighted by atomic mass is 32.1. The molecule has 0 unspecified atom stereocenters. The van der Waals surface area contributed by atoms with E-state index in [1.54, 1.807) is 28.4 Å². The van der Waals surface area contributed by atoms with Gasteiger partial charge < -0.3 is 10.0 Å². The van der Waals surface area contributed by atoms with Gasteiger partial charge in [0, 0.05) is 16.2 Å². The first-order chi connectivity index (χ1) is 9.65. The summed E-state index contributed by atoms with van der Waals surface area (Å²) in [4.78, 5) is 27.4. The summed E-state index contributed by atoms with van der Waals surface area (Å²) in [6, 6.07) is 5.37. The number of thiophene rings is 2. The highest BCUT2D eigenvalue weighted by Crippen LogP contribution is 2.33. The molecule has 0 fully saturated rings. The molecule has 1 amide bonds. The zero-order valence-corrected chi connectivity index (χ0v) is 12.3. The lowest BCUT2D eigenvalue weighted by molar-refractivity contribution is -0.118. The number of hydrogen-bond donors (Lipinski definition) is 1. The largest absolute Gasteiger partial charge is 0.477 e. The zero-order valence-electron chi connectivity index (χ0n) is 10.7. The average molecular weight is 307 g/mol. The van der Waals surface area contributed by atoms with E-state index in [-0.39, 0.29) is 5.91 Å². The van der Waals surface area contributed by atoms with Gasteiger partial charge in [-0.1, -0.05) is 0 Å². The van der Waals surface area contributed by atoms with Crippen LogP contribution in [0.5, 0.6) is 0 Å². The maximum Gasteiger partial charge on any atom is 0.345 e. The van der Waals surface area contributed by atoms with Gasteiger partial charge in [0.25, 0.3) is 0 Å². The van der Waals surface area contributed by atoms with Gasteiger partial charge in [-0.15, -0.1) is 22.7 Å². The van der Waals surface area contributed by atoms with Crippen molar-refractivity contribution in [3.8, 4) is 0 Å². The number of nitrogens with zero attached hydrogens (tertiary/aromatic N) is 1. The first-order valence-corrected chi connectivity index (χ1v) is 8.03. The first kappa shape index (κ1) is 13.3. The van der Waals surface area contributed by atoms with Crippen LogP contribution in [0.3, 0.4) is 0 Å². The molecule has 1 N–H and O–H groups in total. The summed E-state index contributed by atoms with van der Waals surface area (Å²) in [5, 5.41) is 11.0. The van der Waals surface area contributed by atoms with Crippen molar-refractivity contribution >= 4 is 40.2 Å². The third kappa shape index (κ3) is 2.48. The van der Waals surface area contributed by atoms with Gasteiger partial charge in [0.05, 0.1) is 12.2 Å². The first-order valence-electron chi connectivity index (χ1n) is 6.34. The van der Waals surface area contributed by atoms with Gasteiger partial charge in [0.1, 0.15) is 4.88 Å². The third-order valence-corrected chi connectivity index (χ3v) is 5.32. The highest BCUT2D eigenvalue weighted by molar-refractivity contribution is 7.14. The molecule has 2 aromatic heterocycles. The summed E-state index contributed by atoms with van der Waals surface area (Å²) in [5.74, 6) is -0.799. The summed E-state index contributed by atoms with van der Waals surface area (Å²) < 4.78 is 0. The van der Waals surface area contributed by atoms with E-state index in [2.05, 4.69) is 0 Å². The maximum atomic E-state index is 12.2. The number of carboxylic acids is 1. The highest BCUT2D eigenvalue weighted by Gasteiger charge is 2.23. The molecule has 20 heavy (non-hydrogen) atoms. The molecule has 1 aliphatic heterocycles. The molecule has 6 heteroatoms. The summed E-state index contributed by atoms with van der Waals surface area (Å²) in [6.07, 6.45) is 2.38. The molecule has 0 radical (unpaired) electrons. The number of carboxylic acid groups (broad SMARTS) is 1. The van der Waals surface area contributed by atoms with Crippen molar-refractivity contribution < 1.29 is 14.7 Å². The Bertz CT molecular complexity index is 659. The lowest BCUT2D eigenvalue weighted by atomic mass is 10.2. The van der Waals surface area contributed by atoms with E-state index in [1.165, 1.54) is 16.2 Å². The summed E-state index contributed by atoms with van der Waals surface area (Å²) in [7, 11) is 0. The summed E-state index contributed by atoms with van der Waals surface area (Å²) >= 11 is 2.91. The Balaban J connectivity index is 1.88. The molecule has 2 aromatic rings. The summed E-state index contributed by atoms with van der Waals surface area (Å²) in [5.41, 5.74) is 0.989. The van der Waals surface area contributed by atoms with E-state index in [0.717, 1.165) is 23.4 Å². The lowest BCUT2D eigenvalue weighted by Gasteiger charge is -2.20. The number of carbonyl (C=O) groups is 2. The van der Waals surface area contributed by atoms with Crippen molar-refractivity contribution in [1.29, 1.82) is 0 Å². The quantitative estimate of drug-likeness (QED) is 0.945. The van der Waals surface area contributed by atoms with Gasteiger partial charge in [0.15, 0.2) is 0 Å². The fraction of sp³-hybridized carbons (Fsp3) is 0.286. The molecule has 0 spiro atoms. The predicted octanol–water partition coefficient (Wildman–Crippen LogP) is 3.38. The number of aryl methyl sites for hydroxylation is 1. The van der Waals surface area contributed by atoms with E-state index in [0.29, 0.717) is 17.8 Å². The molecule has 3 rings (SSSR count). The zero-order chi connectivity index (χ0) is 14.1. The van der Waals surface area contributed by atoms with Crippen LogP contribution in [0.1, 0.15) is 32.3 Å². The van der Waals surface area contributed by atoms with Gasteiger partial charge >= 0.3 is 5.97 Å². The monoisotopic (exact) mass is 307 g/mol. The Morgan fingerprint density at radius 1 is 1.30 bits per heavy atom. The maximum absolute atomic E-state index is 12.2. The molecule has 3 heterocycles. The van der Waals surface area contributed by atoms with E-state index < -0.39 is 5.97 Å². The summed E-state index contributed by atoms with van der Waals surface area (Å²) in [6.45, 7) is 0.459. The number of rotatable bonds is 3. The van der Waals surface area contributed by atoms with Crippen LogP contribution in [0, 0.1) is 0 Å². The van der Waals surface area contributed by atoms with Crippen LogP contribution in [0.2, 0.25) is 0 Å². The second kappa shape index (κ2) is 5.38. The molecular formula is C14H13NO3S2. The fourth-order valence-corrected chi connectivity index (χ4v) is 4.10. The molecule has 0 saturated heterocycles. The second-order valence-corrected chi connectivity index (χ2v) is 6.80. The van der Waals surface area contributed by atoms with Crippen LogP contribution < -0.4 is 4.90 Å². The molecule has 0 bridgehead atoms. The van der Waals surface area contributed by atoms with Crippen molar-refractivity contribution in [3.05, 3.63) is 38.2 Å². The predicted molar refractivity (Wildman–Crippen MR) is 79.7 cm³/mol. The van der Waals surface area contributed by atoms with Crippen LogP contribution in [-0.4, -0.2) is 17.0 Å². The van der Waals surface area contributed by atoms with Crippen LogP contribution in [0.25, 0.3) is 0 Å². The Kier molecular flexibility index (Phi) is 3.58. The molecule has 0 aliphatic carbocycles. The van der Waals surface area contributed by atoms with Crippen LogP contribution in [0.15, 0.2) is 23.6 Å². The van der Waals surface area contributed by atoms with E-state index in [4.69, 9.17) is 5.11 Å². The number of anilines is 1. The molecule has 0 saturated carbocycles. The number of fused-ring (bicyclic) bond motifs is 1. The van der Waals surface area contributed by atoms with Crippen molar-refractivity contribution in [3.63, 3.8) is 0 Å². The molecule has 1 aliphatic rings. The third-order valence-electron chi connectivity index (χ3n) is 3.29. The van der Waals surface area contributed by atoms with Gasteiger partial charge in [-0.05, 0) is 36.4 Å². The lowest BCUT2D eigenvalue weighted by Crippen LogP contribution is -2.28. The van der Waals surface area contributed by atoms with Gasteiger partial charge in [-0.3, -0.25) is 4.79 Å². The Labute approximate surface area is 124 Å². The number of amides is 1. The van der Waals surface area contributed by atoms with E-state index in [9.17, 15) is 9.59 Å².